The topological polar surface area (TPSA) is 88.2 Å². The van der Waals surface area contributed by atoms with Crippen LogP contribution in [-0.4, -0.2) is 33.4 Å². The van der Waals surface area contributed by atoms with Crippen molar-refractivity contribution in [2.45, 2.75) is 51.2 Å². The molecule has 0 aliphatic heterocycles. The van der Waals surface area contributed by atoms with Gasteiger partial charge in [0, 0.05) is 12.5 Å². The standard InChI is InChI=1S/C17H21N3O3/c1-11-19-20-16(23-11)10-12-6-8-13(9-7-12)17(22)18-14-4-2-3-5-15(14)21/h6-9,14-15,21H,2-5,10H2,1H3,(H,18,22). The lowest BCUT2D eigenvalue weighted by atomic mass is 9.92. The third-order valence-corrected chi connectivity index (χ3v) is 4.19. The van der Waals surface area contributed by atoms with Gasteiger partial charge in [-0.2, -0.15) is 0 Å². The van der Waals surface area contributed by atoms with E-state index >= 15 is 0 Å². The lowest BCUT2D eigenvalue weighted by molar-refractivity contribution is 0.0717. The lowest BCUT2D eigenvalue weighted by Gasteiger charge is -2.28. The van der Waals surface area contributed by atoms with Crippen molar-refractivity contribution in [3.63, 3.8) is 0 Å². The molecule has 1 aromatic carbocycles. The van der Waals surface area contributed by atoms with Crippen molar-refractivity contribution in [3.05, 3.63) is 47.2 Å². The van der Waals surface area contributed by atoms with Crippen molar-refractivity contribution >= 4 is 5.91 Å². The molecular formula is C17H21N3O3. The summed E-state index contributed by atoms with van der Waals surface area (Å²) in [6, 6.07) is 7.18. The van der Waals surface area contributed by atoms with Gasteiger partial charge in [0.1, 0.15) is 0 Å². The van der Waals surface area contributed by atoms with E-state index < -0.39 is 6.10 Å². The Labute approximate surface area is 134 Å². The van der Waals surface area contributed by atoms with E-state index in [2.05, 4.69) is 15.5 Å². The molecule has 2 aromatic rings. The fourth-order valence-electron chi connectivity index (χ4n) is 2.89. The highest BCUT2D eigenvalue weighted by Gasteiger charge is 2.24. The number of aliphatic hydroxyl groups is 1. The molecule has 1 fully saturated rings. The van der Waals surface area contributed by atoms with Gasteiger partial charge < -0.3 is 14.8 Å². The van der Waals surface area contributed by atoms with Gasteiger partial charge in [0.25, 0.3) is 5.91 Å². The molecule has 0 saturated heterocycles. The van der Waals surface area contributed by atoms with E-state index in [4.69, 9.17) is 4.42 Å². The van der Waals surface area contributed by atoms with Gasteiger partial charge in [0.2, 0.25) is 11.8 Å². The molecule has 6 heteroatoms. The minimum Gasteiger partial charge on any atom is -0.425 e. The summed E-state index contributed by atoms with van der Waals surface area (Å²) < 4.78 is 5.35. The first-order valence-electron chi connectivity index (χ1n) is 7.98. The number of aryl methyl sites for hydroxylation is 1. The van der Waals surface area contributed by atoms with Gasteiger partial charge in [0.15, 0.2) is 0 Å². The highest BCUT2D eigenvalue weighted by Crippen LogP contribution is 2.19. The average molecular weight is 315 g/mol. The van der Waals surface area contributed by atoms with Gasteiger partial charge in [-0.05, 0) is 30.5 Å². The highest BCUT2D eigenvalue weighted by molar-refractivity contribution is 5.94. The zero-order valence-electron chi connectivity index (χ0n) is 13.2. The van der Waals surface area contributed by atoms with Crippen LogP contribution in [0.25, 0.3) is 0 Å². The van der Waals surface area contributed by atoms with Crippen LogP contribution in [0.5, 0.6) is 0 Å². The summed E-state index contributed by atoms with van der Waals surface area (Å²) in [6.45, 7) is 1.75. The summed E-state index contributed by atoms with van der Waals surface area (Å²) in [5.41, 5.74) is 1.59. The second kappa shape index (κ2) is 6.91. The predicted octanol–water partition coefficient (Wildman–Crippen LogP) is 2.00. The lowest BCUT2D eigenvalue weighted by Crippen LogP contribution is -2.45. The number of amides is 1. The van der Waals surface area contributed by atoms with Crippen LogP contribution in [0, 0.1) is 6.92 Å². The van der Waals surface area contributed by atoms with Crippen molar-refractivity contribution in [3.8, 4) is 0 Å². The predicted molar refractivity (Wildman–Crippen MR) is 84.0 cm³/mol. The Morgan fingerprint density at radius 2 is 2.00 bits per heavy atom. The Kier molecular flexibility index (Phi) is 4.71. The maximum atomic E-state index is 12.3. The summed E-state index contributed by atoms with van der Waals surface area (Å²) in [7, 11) is 0. The Hall–Kier alpha value is -2.21. The minimum atomic E-state index is -0.437. The van der Waals surface area contributed by atoms with Gasteiger partial charge in [0.05, 0.1) is 18.6 Å². The fourth-order valence-corrected chi connectivity index (χ4v) is 2.89. The number of nitrogens with one attached hydrogen (secondary N) is 1. The van der Waals surface area contributed by atoms with Crippen LogP contribution in [-0.2, 0) is 6.42 Å². The number of carbonyl (C=O) groups is 1. The summed E-state index contributed by atoms with van der Waals surface area (Å²) in [5, 5.41) is 20.6. The van der Waals surface area contributed by atoms with Crippen molar-refractivity contribution in [2.75, 3.05) is 0 Å². The smallest absolute Gasteiger partial charge is 0.251 e. The van der Waals surface area contributed by atoms with E-state index in [0.717, 1.165) is 31.2 Å². The van der Waals surface area contributed by atoms with Gasteiger partial charge in [-0.1, -0.05) is 25.0 Å². The minimum absolute atomic E-state index is 0.141. The second-order valence-electron chi connectivity index (χ2n) is 6.02. The van der Waals surface area contributed by atoms with Gasteiger partial charge in [-0.15, -0.1) is 10.2 Å². The zero-order valence-corrected chi connectivity index (χ0v) is 13.2. The Bertz CT molecular complexity index is 666. The van der Waals surface area contributed by atoms with Crippen LogP contribution >= 0.6 is 0 Å². The van der Waals surface area contributed by atoms with Crippen LogP contribution < -0.4 is 5.32 Å². The molecule has 2 N–H and O–H groups in total. The van der Waals surface area contributed by atoms with E-state index in [-0.39, 0.29) is 11.9 Å². The molecule has 1 heterocycles. The molecule has 23 heavy (non-hydrogen) atoms. The molecule has 1 amide bonds. The molecule has 2 unspecified atom stereocenters. The summed E-state index contributed by atoms with van der Waals surface area (Å²) in [4.78, 5) is 12.3. The van der Waals surface area contributed by atoms with E-state index in [9.17, 15) is 9.90 Å². The number of aliphatic hydroxyl groups excluding tert-OH is 1. The van der Waals surface area contributed by atoms with Gasteiger partial charge in [-0.25, -0.2) is 0 Å². The van der Waals surface area contributed by atoms with Crippen LogP contribution in [0.4, 0.5) is 0 Å². The molecule has 6 nitrogen and oxygen atoms in total. The summed E-state index contributed by atoms with van der Waals surface area (Å²) in [5.74, 6) is 0.961. The Morgan fingerprint density at radius 3 is 2.65 bits per heavy atom. The van der Waals surface area contributed by atoms with Crippen LogP contribution in [0.3, 0.4) is 0 Å². The largest absolute Gasteiger partial charge is 0.425 e. The van der Waals surface area contributed by atoms with Crippen molar-refractivity contribution < 1.29 is 14.3 Å². The van der Waals surface area contributed by atoms with E-state index in [1.807, 2.05) is 12.1 Å². The molecule has 2 atom stereocenters. The summed E-state index contributed by atoms with van der Waals surface area (Å²) in [6.07, 6.45) is 3.77. The normalized spacial score (nSPS) is 21.1. The first kappa shape index (κ1) is 15.7. The number of benzene rings is 1. The van der Waals surface area contributed by atoms with Crippen LogP contribution in [0.1, 0.15) is 53.4 Å². The number of nitrogens with zero attached hydrogens (tertiary/aromatic N) is 2. The van der Waals surface area contributed by atoms with E-state index in [1.165, 1.54) is 0 Å². The molecule has 122 valence electrons. The molecule has 1 aliphatic rings. The molecule has 1 saturated carbocycles. The Morgan fingerprint density at radius 1 is 1.26 bits per heavy atom. The highest BCUT2D eigenvalue weighted by atomic mass is 16.4. The quantitative estimate of drug-likeness (QED) is 0.901. The molecule has 1 aromatic heterocycles. The fraction of sp³-hybridized carbons (Fsp3) is 0.471. The second-order valence-corrected chi connectivity index (χ2v) is 6.02. The third kappa shape index (κ3) is 3.96. The van der Waals surface area contributed by atoms with Crippen molar-refractivity contribution in [1.29, 1.82) is 0 Å². The Balaban J connectivity index is 1.61. The third-order valence-electron chi connectivity index (χ3n) is 4.19. The molecule has 0 radical (unpaired) electrons. The number of hydrogen-bond donors (Lipinski definition) is 2. The average Bonchev–Trinajstić information content (AvgIpc) is 2.95. The van der Waals surface area contributed by atoms with Crippen LogP contribution in [0.15, 0.2) is 28.7 Å². The number of aromatic nitrogens is 2. The maximum absolute atomic E-state index is 12.3. The van der Waals surface area contributed by atoms with Gasteiger partial charge >= 0.3 is 0 Å². The molecule has 0 spiro atoms. The van der Waals surface area contributed by atoms with Crippen molar-refractivity contribution in [2.24, 2.45) is 0 Å². The number of hydrogen-bond acceptors (Lipinski definition) is 5. The summed E-state index contributed by atoms with van der Waals surface area (Å²) >= 11 is 0. The maximum Gasteiger partial charge on any atom is 0.251 e. The number of rotatable bonds is 4. The van der Waals surface area contributed by atoms with E-state index in [0.29, 0.717) is 23.8 Å². The first-order valence-corrected chi connectivity index (χ1v) is 7.98. The van der Waals surface area contributed by atoms with Crippen LogP contribution in [0.2, 0.25) is 0 Å². The number of carbonyl (C=O) groups excluding carboxylic acids is 1. The molecular weight excluding hydrogens is 294 g/mol. The molecule has 0 bridgehead atoms. The van der Waals surface area contributed by atoms with Crippen molar-refractivity contribution in [1.82, 2.24) is 15.5 Å². The molecule has 3 rings (SSSR count). The zero-order chi connectivity index (χ0) is 16.2. The molecule has 1 aliphatic carbocycles. The SMILES string of the molecule is Cc1nnc(Cc2ccc(C(=O)NC3CCCCC3O)cc2)o1. The first-order chi connectivity index (χ1) is 11.1. The van der Waals surface area contributed by atoms with Gasteiger partial charge in [-0.3, -0.25) is 4.79 Å². The van der Waals surface area contributed by atoms with E-state index in [1.54, 1.807) is 19.1 Å². The monoisotopic (exact) mass is 315 g/mol.